The molecule has 262 valence electrons. The van der Waals surface area contributed by atoms with Crippen LogP contribution in [0.3, 0.4) is 0 Å². The van der Waals surface area contributed by atoms with Gasteiger partial charge in [-0.3, -0.25) is 14.4 Å². The topological polar surface area (TPSA) is 146 Å². The van der Waals surface area contributed by atoms with E-state index in [9.17, 15) is 14.4 Å². The molecule has 0 saturated heterocycles. The van der Waals surface area contributed by atoms with Crippen molar-refractivity contribution in [3.05, 3.63) is 69.2 Å². The first-order valence-electron chi connectivity index (χ1n) is 15.9. The van der Waals surface area contributed by atoms with Gasteiger partial charge in [-0.25, -0.2) is 4.98 Å². The van der Waals surface area contributed by atoms with Crippen LogP contribution in [0.1, 0.15) is 36.9 Å². The molecule has 1 aliphatic heterocycles. The Balaban J connectivity index is 1.34. The van der Waals surface area contributed by atoms with E-state index in [4.69, 9.17) is 23.7 Å². The number of amides is 2. The minimum Gasteiger partial charge on any atom is -0.493 e. The predicted octanol–water partition coefficient (Wildman–Crippen LogP) is 5.89. The number of aromatic nitrogens is 1. The molecule has 0 bridgehead atoms. The smallest absolute Gasteiger partial charge is 0.248 e. The maximum Gasteiger partial charge on any atom is 0.248 e. The molecule has 6 rings (SSSR count). The minimum atomic E-state index is -0.743. The zero-order valence-corrected chi connectivity index (χ0v) is 30.0. The van der Waals surface area contributed by atoms with Crippen LogP contribution in [0, 0.1) is 0 Å². The van der Waals surface area contributed by atoms with Crippen LogP contribution in [-0.4, -0.2) is 63.0 Å². The fourth-order valence-corrected chi connectivity index (χ4v) is 7.43. The lowest BCUT2D eigenvalue weighted by Crippen LogP contribution is -2.36. The molecule has 0 fully saturated rings. The summed E-state index contributed by atoms with van der Waals surface area (Å²) in [6.45, 7) is 1.63. The number of anilines is 2. The van der Waals surface area contributed by atoms with Gasteiger partial charge in [-0.1, -0.05) is 6.07 Å². The van der Waals surface area contributed by atoms with Gasteiger partial charge in [-0.2, -0.15) is 11.8 Å². The summed E-state index contributed by atoms with van der Waals surface area (Å²) >= 11 is 2.91. The molecule has 2 heterocycles. The van der Waals surface area contributed by atoms with E-state index >= 15 is 0 Å². The molecular weight excluding hydrogens is 681 g/mol. The van der Waals surface area contributed by atoms with Gasteiger partial charge >= 0.3 is 0 Å². The van der Waals surface area contributed by atoms with Crippen molar-refractivity contribution in [1.82, 2.24) is 10.3 Å². The molecule has 0 spiro atoms. The zero-order chi connectivity index (χ0) is 35.4. The summed E-state index contributed by atoms with van der Waals surface area (Å²) in [5, 5.41) is 11.5. The van der Waals surface area contributed by atoms with Gasteiger partial charge in [0.15, 0.2) is 28.1 Å². The quantitative estimate of drug-likeness (QED) is 0.161. The lowest BCUT2D eigenvalue weighted by Gasteiger charge is -2.19. The lowest BCUT2D eigenvalue weighted by atomic mass is 9.95. The highest BCUT2D eigenvalue weighted by atomic mass is 32.2. The summed E-state index contributed by atoms with van der Waals surface area (Å²) in [7, 11) is 4.65. The van der Waals surface area contributed by atoms with E-state index in [-0.39, 0.29) is 29.7 Å². The molecule has 2 aliphatic rings. The predicted molar refractivity (Wildman–Crippen MR) is 195 cm³/mol. The number of thioether (sulfide) groups is 1. The summed E-state index contributed by atoms with van der Waals surface area (Å²) in [5.74, 6) is 2.85. The highest BCUT2D eigenvalue weighted by molar-refractivity contribution is 7.98. The summed E-state index contributed by atoms with van der Waals surface area (Å²) in [6.07, 6.45) is 3.53. The molecule has 4 aromatic rings. The maximum absolute atomic E-state index is 13.9. The van der Waals surface area contributed by atoms with Crippen molar-refractivity contribution in [1.29, 1.82) is 0 Å². The molecule has 50 heavy (non-hydrogen) atoms. The number of carbonyl (C=O) groups excluding carboxylic acids is 2. The first-order valence-corrected chi connectivity index (χ1v) is 18.2. The number of nitrogens with one attached hydrogen (secondary N) is 3. The molecule has 12 nitrogen and oxygen atoms in total. The van der Waals surface area contributed by atoms with Gasteiger partial charge in [-0.05, 0) is 84.4 Å². The number of thiazole rings is 1. The van der Waals surface area contributed by atoms with E-state index in [1.165, 1.54) is 31.4 Å². The molecule has 1 aliphatic carbocycles. The van der Waals surface area contributed by atoms with Crippen LogP contribution in [0.2, 0.25) is 0 Å². The Morgan fingerprint density at radius 3 is 2.58 bits per heavy atom. The number of fused-ring (bicyclic) bond motifs is 4. The van der Waals surface area contributed by atoms with Gasteiger partial charge in [0.2, 0.25) is 29.8 Å². The number of methoxy groups -OCH3 is 3. The second kappa shape index (κ2) is 15.3. The van der Waals surface area contributed by atoms with E-state index in [2.05, 4.69) is 20.9 Å². The second-order valence-corrected chi connectivity index (χ2v) is 13.5. The van der Waals surface area contributed by atoms with Gasteiger partial charge in [0.05, 0.1) is 38.8 Å². The fraction of sp³-hybridized carbons (Fsp3) is 0.333. The third kappa shape index (κ3) is 7.17. The van der Waals surface area contributed by atoms with Crippen LogP contribution >= 0.6 is 23.1 Å². The third-order valence-electron chi connectivity index (χ3n) is 8.58. The molecule has 2 amide bonds. The molecular formula is C36H38N4O8S2. The van der Waals surface area contributed by atoms with Crippen molar-refractivity contribution < 1.29 is 33.3 Å². The van der Waals surface area contributed by atoms with Gasteiger partial charge < -0.3 is 39.6 Å². The highest BCUT2D eigenvalue weighted by Crippen LogP contribution is 2.50. The Bertz CT molecular complexity index is 1980. The van der Waals surface area contributed by atoms with Crippen molar-refractivity contribution in [3.63, 3.8) is 0 Å². The largest absolute Gasteiger partial charge is 0.493 e. The van der Waals surface area contributed by atoms with Crippen molar-refractivity contribution in [2.24, 2.45) is 0 Å². The van der Waals surface area contributed by atoms with Crippen LogP contribution in [0.4, 0.5) is 10.8 Å². The summed E-state index contributed by atoms with van der Waals surface area (Å²) < 4.78 is 28.1. The van der Waals surface area contributed by atoms with Crippen molar-refractivity contribution in [2.75, 3.05) is 50.8 Å². The Hall–Kier alpha value is -4.95. The van der Waals surface area contributed by atoms with E-state index in [0.717, 1.165) is 16.7 Å². The van der Waals surface area contributed by atoms with Crippen LogP contribution in [-0.2, 0) is 16.0 Å². The van der Waals surface area contributed by atoms with Gasteiger partial charge in [-0.15, -0.1) is 11.3 Å². The molecule has 1 aromatic heterocycles. The number of benzene rings is 2. The fourth-order valence-electron chi connectivity index (χ4n) is 6.23. The maximum atomic E-state index is 13.9. The van der Waals surface area contributed by atoms with E-state index in [0.29, 0.717) is 75.7 Å². The Morgan fingerprint density at radius 2 is 1.84 bits per heavy atom. The van der Waals surface area contributed by atoms with Crippen molar-refractivity contribution >= 4 is 45.7 Å². The SMILES string of the molecule is COc1cc2c(c(OC)c1OC)-c1ccc(NC(CCSC)C(=O)Nc3nc(-c4ccc5c(c4)OCO5)cs3)c(=O)cc1C(NC(C)=O)CC2. The number of rotatable bonds is 12. The molecule has 0 saturated carbocycles. The number of ether oxygens (including phenoxy) is 5. The van der Waals surface area contributed by atoms with Gasteiger partial charge in [0.1, 0.15) is 6.04 Å². The number of hydrogen-bond acceptors (Lipinski definition) is 12. The average Bonchev–Trinajstić information content (AvgIpc) is 3.72. The monoisotopic (exact) mass is 718 g/mol. The van der Waals surface area contributed by atoms with Crippen molar-refractivity contribution in [2.45, 2.75) is 38.3 Å². The second-order valence-electron chi connectivity index (χ2n) is 11.7. The minimum absolute atomic E-state index is 0.177. The number of carbonyl (C=O) groups is 2. The number of hydrogen-bond donors (Lipinski definition) is 3. The molecule has 3 aromatic carbocycles. The van der Waals surface area contributed by atoms with E-state index in [1.807, 2.05) is 42.0 Å². The first kappa shape index (κ1) is 34.9. The van der Waals surface area contributed by atoms with Crippen molar-refractivity contribution in [3.8, 4) is 51.1 Å². The standard InChI is InChI=1S/C36H38N4O8S2/c1-19(41)37-24-9-6-21-15-31(44-2)33(45-3)34(46-4)32(21)22-8-10-25(28(42)16-23(22)24)38-26(12-13-49-5)35(43)40-36-39-27(17-50-36)20-7-11-29-30(14-20)48-18-47-29/h7-8,10-11,14-17,24,26H,6,9,12-13,18H2,1-5H3,(H,37,41)(H,38,42)(H,39,40,43). The Kier molecular flexibility index (Phi) is 10.7. The summed E-state index contributed by atoms with van der Waals surface area (Å²) in [6, 6.07) is 11.3. The zero-order valence-electron chi connectivity index (χ0n) is 28.3. The van der Waals surface area contributed by atoms with Crippen LogP contribution in [0.25, 0.3) is 22.4 Å². The number of aryl methyl sites for hydroxylation is 1. The van der Waals surface area contributed by atoms with Crippen LogP contribution in [0.5, 0.6) is 28.7 Å². The summed E-state index contributed by atoms with van der Waals surface area (Å²) in [4.78, 5) is 44.6. The molecule has 2 atom stereocenters. The lowest BCUT2D eigenvalue weighted by molar-refractivity contribution is -0.120. The van der Waals surface area contributed by atoms with Crippen LogP contribution < -0.4 is 45.1 Å². The molecule has 3 N–H and O–H groups in total. The van der Waals surface area contributed by atoms with Crippen LogP contribution in [0.15, 0.2) is 52.6 Å². The normalized spacial score (nSPS) is 14.8. The Morgan fingerprint density at radius 1 is 1.04 bits per heavy atom. The number of nitrogens with zero attached hydrogens (tertiary/aromatic N) is 1. The van der Waals surface area contributed by atoms with E-state index < -0.39 is 12.1 Å². The van der Waals surface area contributed by atoms with Gasteiger partial charge in [0, 0.05) is 23.4 Å². The summed E-state index contributed by atoms with van der Waals surface area (Å²) in [5.41, 5.74) is 4.43. The highest BCUT2D eigenvalue weighted by Gasteiger charge is 2.30. The molecule has 2 unspecified atom stereocenters. The van der Waals surface area contributed by atoms with Gasteiger partial charge in [0.25, 0.3) is 0 Å². The molecule has 14 heteroatoms. The third-order valence-corrected chi connectivity index (χ3v) is 9.98. The first-order chi connectivity index (χ1) is 24.2. The molecule has 0 radical (unpaired) electrons. The van der Waals surface area contributed by atoms with E-state index in [1.54, 1.807) is 32.0 Å². The Labute approximate surface area is 297 Å². The average molecular weight is 719 g/mol.